The number of benzene rings is 2. The summed E-state index contributed by atoms with van der Waals surface area (Å²) in [5.74, 6) is 0. The largest absolute Gasteiger partial charge is 0.523 e. The van der Waals surface area contributed by atoms with Crippen LogP contribution in [0, 0.1) is 0 Å². The van der Waals surface area contributed by atoms with E-state index in [1.807, 2.05) is 81.4 Å². The molecular formula is C19H23F3O3SSi. The molecule has 0 radical (unpaired) electrons. The molecule has 0 spiro atoms. The highest BCUT2D eigenvalue weighted by atomic mass is 32.2. The van der Waals surface area contributed by atoms with Crippen molar-refractivity contribution in [1.29, 1.82) is 0 Å². The van der Waals surface area contributed by atoms with E-state index in [-0.39, 0.29) is 11.1 Å². The highest BCUT2D eigenvalue weighted by Crippen LogP contribution is 2.39. The number of hydrogen-bond acceptors (Lipinski definition) is 3. The van der Waals surface area contributed by atoms with Gasteiger partial charge in [-0.05, 0) is 11.1 Å². The Morgan fingerprint density at radius 2 is 1.26 bits per heavy atom. The summed E-state index contributed by atoms with van der Waals surface area (Å²) in [5, 5.41) is 1.76. The fraction of sp³-hybridized carbons (Fsp3) is 0.368. The average molecular weight is 417 g/mol. The predicted octanol–water partition coefficient (Wildman–Crippen LogP) is 3.92. The van der Waals surface area contributed by atoms with Gasteiger partial charge in [0.15, 0.2) is 0 Å². The fourth-order valence-electron chi connectivity index (χ4n) is 3.51. The van der Waals surface area contributed by atoms with Crippen molar-refractivity contribution >= 4 is 28.6 Å². The van der Waals surface area contributed by atoms with Crippen molar-refractivity contribution in [2.45, 2.75) is 37.4 Å². The van der Waals surface area contributed by atoms with Crippen LogP contribution in [-0.2, 0) is 14.3 Å². The van der Waals surface area contributed by atoms with Crippen molar-refractivity contribution in [2.24, 2.45) is 0 Å². The normalized spacial score (nSPS) is 13.6. The summed E-state index contributed by atoms with van der Waals surface area (Å²) in [6.45, 7) is 5.60. The van der Waals surface area contributed by atoms with Crippen molar-refractivity contribution in [3.63, 3.8) is 0 Å². The molecule has 0 aromatic heterocycles. The molecule has 0 aliphatic heterocycles. The summed E-state index contributed by atoms with van der Waals surface area (Å²) in [4.78, 5) is 0. The SMILES string of the molecule is CC(C)(C)[Si](CCOS(=O)(=O)C(F)(F)F)(c1ccccc1)c1ccccc1. The quantitative estimate of drug-likeness (QED) is 0.407. The second-order valence-corrected chi connectivity index (χ2v) is 13.9. The summed E-state index contributed by atoms with van der Waals surface area (Å²) in [7, 11) is -8.27. The zero-order valence-corrected chi connectivity index (χ0v) is 17.3. The van der Waals surface area contributed by atoms with E-state index in [4.69, 9.17) is 0 Å². The summed E-state index contributed by atoms with van der Waals surface area (Å²) in [6, 6.07) is 19.4. The van der Waals surface area contributed by atoms with E-state index in [1.165, 1.54) is 0 Å². The van der Waals surface area contributed by atoms with E-state index >= 15 is 0 Å². The first kappa shape index (κ1) is 21.7. The molecule has 0 fully saturated rings. The lowest BCUT2D eigenvalue weighted by Crippen LogP contribution is -2.64. The predicted molar refractivity (Wildman–Crippen MR) is 103 cm³/mol. The van der Waals surface area contributed by atoms with Gasteiger partial charge < -0.3 is 0 Å². The van der Waals surface area contributed by atoms with Crippen molar-refractivity contribution in [2.75, 3.05) is 6.61 Å². The van der Waals surface area contributed by atoms with Gasteiger partial charge in [0.2, 0.25) is 0 Å². The first-order chi connectivity index (χ1) is 12.4. The lowest BCUT2D eigenvalue weighted by Gasteiger charge is -2.44. The third-order valence-corrected chi connectivity index (χ3v) is 12.0. The van der Waals surface area contributed by atoms with Crippen molar-refractivity contribution in [1.82, 2.24) is 0 Å². The Balaban J connectivity index is 2.51. The molecule has 2 aromatic carbocycles. The molecule has 0 saturated heterocycles. The molecule has 27 heavy (non-hydrogen) atoms. The molecule has 8 heteroatoms. The molecule has 0 N–H and O–H groups in total. The molecule has 0 bridgehead atoms. The Morgan fingerprint density at radius 1 is 0.852 bits per heavy atom. The van der Waals surface area contributed by atoms with Crippen LogP contribution in [0.25, 0.3) is 0 Å². The maximum absolute atomic E-state index is 12.6. The van der Waals surface area contributed by atoms with Crippen LogP contribution >= 0.6 is 0 Å². The Labute approximate surface area is 159 Å². The second-order valence-electron chi connectivity index (χ2n) is 7.36. The van der Waals surface area contributed by atoms with E-state index < -0.39 is 30.3 Å². The van der Waals surface area contributed by atoms with E-state index in [1.54, 1.807) is 0 Å². The smallest absolute Gasteiger partial charge is 0.263 e. The van der Waals surface area contributed by atoms with Crippen molar-refractivity contribution in [3.8, 4) is 0 Å². The van der Waals surface area contributed by atoms with Crippen LogP contribution in [0.5, 0.6) is 0 Å². The van der Waals surface area contributed by atoms with Crippen LogP contribution in [0.1, 0.15) is 20.8 Å². The lowest BCUT2D eigenvalue weighted by atomic mass is 10.2. The van der Waals surface area contributed by atoms with E-state index in [9.17, 15) is 21.6 Å². The topological polar surface area (TPSA) is 43.4 Å². The van der Waals surface area contributed by atoms with Crippen LogP contribution < -0.4 is 10.4 Å². The van der Waals surface area contributed by atoms with Crippen LogP contribution in [0.15, 0.2) is 60.7 Å². The Hall–Kier alpha value is -1.64. The molecule has 2 aromatic rings. The zero-order chi connectivity index (χ0) is 20.3. The molecule has 0 aliphatic carbocycles. The van der Waals surface area contributed by atoms with E-state index in [2.05, 4.69) is 4.18 Å². The molecular weight excluding hydrogens is 393 g/mol. The number of alkyl halides is 3. The summed E-state index contributed by atoms with van der Waals surface area (Å²) >= 11 is 0. The van der Waals surface area contributed by atoms with Gasteiger partial charge in [0.05, 0.1) is 6.61 Å². The van der Waals surface area contributed by atoms with Gasteiger partial charge in [-0.25, -0.2) is 0 Å². The van der Waals surface area contributed by atoms with Gasteiger partial charge >= 0.3 is 15.6 Å². The zero-order valence-electron chi connectivity index (χ0n) is 15.5. The van der Waals surface area contributed by atoms with Crippen LogP contribution in [0.3, 0.4) is 0 Å². The van der Waals surface area contributed by atoms with E-state index in [0.717, 1.165) is 10.4 Å². The van der Waals surface area contributed by atoms with Crippen molar-refractivity contribution in [3.05, 3.63) is 60.7 Å². The molecule has 3 nitrogen and oxygen atoms in total. The van der Waals surface area contributed by atoms with Gasteiger partial charge in [-0.15, -0.1) is 0 Å². The summed E-state index contributed by atoms with van der Waals surface area (Å²) in [5.41, 5.74) is -5.42. The van der Waals surface area contributed by atoms with Crippen LogP contribution in [0.4, 0.5) is 13.2 Å². The van der Waals surface area contributed by atoms with Gasteiger partial charge in [-0.3, -0.25) is 4.18 Å². The highest BCUT2D eigenvalue weighted by molar-refractivity contribution is 7.87. The third kappa shape index (κ3) is 4.44. The average Bonchev–Trinajstić information content (AvgIpc) is 2.58. The van der Waals surface area contributed by atoms with Gasteiger partial charge in [-0.2, -0.15) is 21.6 Å². The summed E-state index contributed by atoms with van der Waals surface area (Å²) < 4.78 is 64.9. The third-order valence-electron chi connectivity index (χ3n) is 4.81. The van der Waals surface area contributed by atoms with Crippen LogP contribution in [-0.4, -0.2) is 28.6 Å². The molecule has 0 aliphatic rings. The van der Waals surface area contributed by atoms with Gasteiger partial charge in [0.1, 0.15) is 8.07 Å². The number of halogens is 3. The minimum absolute atomic E-state index is 0.208. The number of rotatable bonds is 6. The summed E-state index contributed by atoms with van der Waals surface area (Å²) in [6.07, 6.45) is 0. The Bertz CT molecular complexity index is 806. The Morgan fingerprint density at radius 3 is 1.59 bits per heavy atom. The maximum Gasteiger partial charge on any atom is 0.523 e. The van der Waals surface area contributed by atoms with Crippen LogP contribution in [0.2, 0.25) is 11.1 Å². The molecule has 0 heterocycles. The second kappa shape index (κ2) is 7.77. The van der Waals surface area contributed by atoms with Gasteiger partial charge in [0.25, 0.3) is 0 Å². The maximum atomic E-state index is 12.6. The Kier molecular flexibility index (Phi) is 6.23. The number of hydrogen-bond donors (Lipinski definition) is 0. The first-order valence-electron chi connectivity index (χ1n) is 8.48. The van der Waals surface area contributed by atoms with Gasteiger partial charge in [-0.1, -0.05) is 91.8 Å². The minimum atomic E-state index is -5.61. The minimum Gasteiger partial charge on any atom is -0.263 e. The fourth-order valence-corrected chi connectivity index (χ4v) is 9.42. The van der Waals surface area contributed by atoms with Gasteiger partial charge in [0, 0.05) is 0 Å². The van der Waals surface area contributed by atoms with Crippen molar-refractivity contribution < 1.29 is 25.8 Å². The molecule has 0 atom stereocenters. The first-order valence-corrected chi connectivity index (χ1v) is 12.1. The standard InChI is InChI=1S/C19H23F3O3SSi/c1-18(2,3)27(16-10-6-4-7-11-16,17-12-8-5-9-13-17)15-14-25-26(23,24)19(20,21)22/h4-13H,14-15H2,1-3H3. The molecule has 0 unspecified atom stereocenters. The van der Waals surface area contributed by atoms with E-state index in [0.29, 0.717) is 0 Å². The molecule has 0 saturated carbocycles. The monoisotopic (exact) mass is 416 g/mol. The molecule has 2 rings (SSSR count). The molecule has 0 amide bonds. The lowest BCUT2D eigenvalue weighted by molar-refractivity contribution is -0.0539. The highest BCUT2D eigenvalue weighted by Gasteiger charge is 2.50. The molecule has 148 valence electrons.